The molecule has 9 nitrogen and oxygen atoms in total. The Morgan fingerprint density at radius 2 is 1.82 bits per heavy atom. The third-order valence-corrected chi connectivity index (χ3v) is 5.71. The van der Waals surface area contributed by atoms with Crippen molar-refractivity contribution in [1.29, 1.82) is 0 Å². The second kappa shape index (κ2) is 12.0. The third kappa shape index (κ3) is 7.22. The number of aliphatic hydroxyl groups is 2. The first-order valence-corrected chi connectivity index (χ1v) is 12.0. The molecule has 4 aromatic rings. The summed E-state index contributed by atoms with van der Waals surface area (Å²) in [6.45, 7) is 3.23. The van der Waals surface area contributed by atoms with E-state index in [1.165, 1.54) is 29.4 Å². The predicted octanol–water partition coefficient (Wildman–Crippen LogP) is 3.72. The Labute approximate surface area is 227 Å². The lowest BCUT2D eigenvalue weighted by Gasteiger charge is -2.14. The quantitative estimate of drug-likeness (QED) is 0.259. The van der Waals surface area contributed by atoms with Crippen LogP contribution in [0.15, 0.2) is 61.3 Å². The molecular formula is C28H25F3N6O3. The Morgan fingerprint density at radius 3 is 2.48 bits per heavy atom. The zero-order chi connectivity index (χ0) is 28.9. The molecule has 2 aromatic heterocycles. The van der Waals surface area contributed by atoms with Gasteiger partial charge in [-0.05, 0) is 49.7 Å². The van der Waals surface area contributed by atoms with Crippen molar-refractivity contribution in [2.45, 2.75) is 26.1 Å². The maximum Gasteiger partial charge on any atom is 0.416 e. The number of halogens is 3. The van der Waals surface area contributed by atoms with Crippen molar-refractivity contribution in [1.82, 2.24) is 19.5 Å². The number of anilines is 2. The van der Waals surface area contributed by atoms with E-state index in [0.29, 0.717) is 16.8 Å². The number of amides is 1. The molecule has 4 N–H and O–H groups in total. The second-order valence-corrected chi connectivity index (χ2v) is 8.94. The van der Waals surface area contributed by atoms with Crippen LogP contribution in [0.25, 0.3) is 5.69 Å². The molecule has 12 heteroatoms. The number of imidazole rings is 1. The smallest absolute Gasteiger partial charge is 0.394 e. The van der Waals surface area contributed by atoms with Gasteiger partial charge in [0.2, 0.25) is 5.95 Å². The summed E-state index contributed by atoms with van der Waals surface area (Å²) in [7, 11) is 0. The van der Waals surface area contributed by atoms with Crippen LogP contribution < -0.4 is 10.6 Å². The van der Waals surface area contributed by atoms with E-state index in [0.717, 1.165) is 17.7 Å². The second-order valence-electron chi connectivity index (χ2n) is 8.94. The molecule has 1 atom stereocenters. The van der Waals surface area contributed by atoms with Crippen molar-refractivity contribution in [3.05, 3.63) is 94.8 Å². The molecule has 0 saturated heterocycles. The van der Waals surface area contributed by atoms with E-state index in [4.69, 9.17) is 5.11 Å². The van der Waals surface area contributed by atoms with Crippen molar-refractivity contribution in [2.24, 2.45) is 0 Å². The molecule has 0 aliphatic carbocycles. The van der Waals surface area contributed by atoms with Crippen LogP contribution in [0.2, 0.25) is 0 Å². The molecule has 0 spiro atoms. The van der Waals surface area contributed by atoms with E-state index in [1.54, 1.807) is 31.3 Å². The molecule has 2 aromatic carbocycles. The van der Waals surface area contributed by atoms with Gasteiger partial charge in [-0.1, -0.05) is 17.9 Å². The summed E-state index contributed by atoms with van der Waals surface area (Å²) in [4.78, 5) is 25.3. The average molecular weight is 551 g/mol. The molecule has 0 aliphatic heterocycles. The topological polar surface area (TPSA) is 125 Å². The Balaban J connectivity index is 1.54. The summed E-state index contributed by atoms with van der Waals surface area (Å²) in [5.41, 5.74) is 1.95. The molecular weight excluding hydrogens is 525 g/mol. The number of carbonyl (C=O) groups is 1. The molecule has 0 unspecified atom stereocenters. The fourth-order valence-electron chi connectivity index (χ4n) is 3.56. The lowest BCUT2D eigenvalue weighted by Crippen LogP contribution is -2.23. The van der Waals surface area contributed by atoms with Gasteiger partial charge in [0.05, 0.1) is 35.9 Å². The average Bonchev–Trinajstić information content (AvgIpc) is 3.37. The van der Waals surface area contributed by atoms with Gasteiger partial charge in [0.15, 0.2) is 0 Å². The number of hydrogen-bond acceptors (Lipinski definition) is 7. The minimum absolute atomic E-state index is 0.0215. The van der Waals surface area contributed by atoms with E-state index in [2.05, 4.69) is 37.4 Å². The maximum atomic E-state index is 13.6. The molecule has 0 aliphatic rings. The first-order valence-electron chi connectivity index (χ1n) is 12.0. The Morgan fingerprint density at radius 1 is 1.07 bits per heavy atom. The van der Waals surface area contributed by atoms with Gasteiger partial charge in [-0.2, -0.15) is 13.2 Å². The van der Waals surface area contributed by atoms with Crippen LogP contribution in [-0.4, -0.2) is 54.9 Å². The van der Waals surface area contributed by atoms with Gasteiger partial charge >= 0.3 is 6.18 Å². The summed E-state index contributed by atoms with van der Waals surface area (Å²) in [6.07, 6.45) is 0.392. The summed E-state index contributed by atoms with van der Waals surface area (Å²) in [5, 5.41) is 23.6. The molecule has 40 heavy (non-hydrogen) atoms. The van der Waals surface area contributed by atoms with E-state index in [9.17, 15) is 23.1 Å². The number of nitrogens with one attached hydrogen (secondary N) is 2. The van der Waals surface area contributed by atoms with Gasteiger partial charge in [-0.3, -0.25) is 4.79 Å². The van der Waals surface area contributed by atoms with Gasteiger partial charge in [-0.15, -0.1) is 0 Å². The lowest BCUT2D eigenvalue weighted by molar-refractivity contribution is -0.137. The number of hydrogen-bond donors (Lipinski definition) is 4. The van der Waals surface area contributed by atoms with Gasteiger partial charge in [0, 0.05) is 47.6 Å². The zero-order valence-corrected chi connectivity index (χ0v) is 21.5. The first-order chi connectivity index (χ1) is 19.0. The van der Waals surface area contributed by atoms with Crippen LogP contribution >= 0.6 is 0 Å². The lowest BCUT2D eigenvalue weighted by atomic mass is 10.0. The highest BCUT2D eigenvalue weighted by molar-refractivity contribution is 6.04. The van der Waals surface area contributed by atoms with Crippen molar-refractivity contribution >= 4 is 17.5 Å². The van der Waals surface area contributed by atoms with Crippen molar-refractivity contribution < 1.29 is 28.2 Å². The fraction of sp³-hybridized carbons (Fsp3) is 0.214. The number of nitrogens with zero attached hydrogens (tertiary/aromatic N) is 4. The van der Waals surface area contributed by atoms with Crippen LogP contribution in [0.5, 0.6) is 0 Å². The summed E-state index contributed by atoms with van der Waals surface area (Å²) < 4.78 is 42.2. The van der Waals surface area contributed by atoms with Crippen LogP contribution in [0.3, 0.4) is 0 Å². The molecule has 1 amide bonds. The highest BCUT2D eigenvalue weighted by Crippen LogP contribution is 2.33. The molecule has 2 heterocycles. The van der Waals surface area contributed by atoms with E-state index in [-0.39, 0.29) is 36.0 Å². The molecule has 4 rings (SSSR count). The predicted molar refractivity (Wildman–Crippen MR) is 142 cm³/mol. The van der Waals surface area contributed by atoms with Crippen LogP contribution in [0.4, 0.5) is 24.8 Å². The molecule has 0 fully saturated rings. The Hall–Kier alpha value is -4.73. The SMILES string of the molecule is Cc1cn(-c2cc(NC(=O)c3ccc(C)c(C#Cc4cnc(NC[C@H](O)CO)nc4)c3)cc(C(F)(F)F)c2)cn1. The highest BCUT2D eigenvalue weighted by atomic mass is 19.4. The standard InChI is InChI=1S/C28H25F3N6O3/c1-17-3-5-21(7-20(17)6-4-19-11-32-27(33-12-19)34-13-25(39)15-38)26(40)36-23-8-22(28(29,30)31)9-24(10-23)37-14-18(2)35-16-37/h3,5,7-12,14,16,25,38-39H,13,15H2,1-2H3,(H,36,40)(H,32,33,34)/t25-/m0/s1. The van der Waals surface area contributed by atoms with Gasteiger partial charge in [0.1, 0.15) is 0 Å². The number of aliphatic hydroxyl groups excluding tert-OH is 2. The van der Waals surface area contributed by atoms with Crippen LogP contribution in [-0.2, 0) is 6.18 Å². The van der Waals surface area contributed by atoms with Gasteiger partial charge in [0.25, 0.3) is 5.91 Å². The van der Waals surface area contributed by atoms with E-state index >= 15 is 0 Å². The van der Waals surface area contributed by atoms with Crippen molar-refractivity contribution in [2.75, 3.05) is 23.8 Å². The van der Waals surface area contributed by atoms with Gasteiger partial charge < -0.3 is 25.4 Å². The number of aryl methyl sites for hydroxylation is 2. The fourth-order valence-corrected chi connectivity index (χ4v) is 3.56. The van der Waals surface area contributed by atoms with Crippen LogP contribution in [0, 0.1) is 25.7 Å². The molecule has 0 radical (unpaired) electrons. The normalized spacial score (nSPS) is 11.9. The van der Waals surface area contributed by atoms with Crippen LogP contribution in [0.1, 0.15) is 38.3 Å². The maximum absolute atomic E-state index is 13.6. The Kier molecular flexibility index (Phi) is 8.47. The molecule has 206 valence electrons. The number of alkyl halides is 3. The summed E-state index contributed by atoms with van der Waals surface area (Å²) >= 11 is 0. The largest absolute Gasteiger partial charge is 0.416 e. The number of benzene rings is 2. The third-order valence-electron chi connectivity index (χ3n) is 5.71. The van der Waals surface area contributed by atoms with E-state index < -0.39 is 23.8 Å². The zero-order valence-electron chi connectivity index (χ0n) is 21.5. The van der Waals surface area contributed by atoms with Crippen molar-refractivity contribution in [3.8, 4) is 17.5 Å². The summed E-state index contributed by atoms with van der Waals surface area (Å²) in [6, 6.07) is 8.11. The van der Waals surface area contributed by atoms with E-state index in [1.807, 2.05) is 6.92 Å². The number of carbonyl (C=O) groups excluding carboxylic acids is 1. The first kappa shape index (κ1) is 28.3. The van der Waals surface area contributed by atoms with Gasteiger partial charge in [-0.25, -0.2) is 15.0 Å². The highest BCUT2D eigenvalue weighted by Gasteiger charge is 2.31. The number of rotatable bonds is 7. The Bertz CT molecular complexity index is 1570. The van der Waals surface area contributed by atoms with Crippen molar-refractivity contribution in [3.63, 3.8) is 0 Å². The molecule has 0 saturated carbocycles. The number of aromatic nitrogens is 4. The minimum atomic E-state index is -4.61. The minimum Gasteiger partial charge on any atom is -0.394 e. The summed E-state index contributed by atoms with van der Waals surface area (Å²) in [5.74, 6) is 5.54. The molecule has 0 bridgehead atoms. The monoisotopic (exact) mass is 550 g/mol.